The van der Waals surface area contributed by atoms with E-state index in [0.29, 0.717) is 24.3 Å². The second-order valence-corrected chi connectivity index (χ2v) is 14.3. The van der Waals surface area contributed by atoms with Gasteiger partial charge in [-0.1, -0.05) is 97.4 Å². The summed E-state index contributed by atoms with van der Waals surface area (Å²) in [6, 6.07) is 29.7. The molecule has 0 radical (unpaired) electrons. The molecule has 9 nitrogen and oxygen atoms in total. The maximum Gasteiger partial charge on any atom is 0.242 e. The number of nitrogens with zero attached hydrogens (tertiary/aromatic N) is 1. The average Bonchev–Trinajstić information content (AvgIpc) is 3.09. The summed E-state index contributed by atoms with van der Waals surface area (Å²) >= 11 is 0. The van der Waals surface area contributed by atoms with Crippen molar-refractivity contribution in [3.63, 3.8) is 0 Å². The molecule has 4 aromatic rings. The lowest BCUT2D eigenvalue weighted by molar-refractivity contribution is -0.275. The van der Waals surface area contributed by atoms with Gasteiger partial charge in [0.05, 0.1) is 23.7 Å². The topological polar surface area (TPSA) is 117 Å². The van der Waals surface area contributed by atoms with Crippen LogP contribution >= 0.6 is 0 Å². The molecule has 1 fully saturated rings. The highest BCUT2D eigenvalue weighted by molar-refractivity contribution is 7.89. The van der Waals surface area contributed by atoms with Crippen molar-refractivity contribution in [2.45, 2.75) is 56.3 Å². The van der Waals surface area contributed by atoms with Crippen molar-refractivity contribution >= 4 is 21.6 Å². The van der Waals surface area contributed by atoms with Crippen LogP contribution < -0.4 is 10.0 Å². The summed E-state index contributed by atoms with van der Waals surface area (Å²) in [6.07, 6.45) is 0.790. The van der Waals surface area contributed by atoms with E-state index in [1.54, 1.807) is 24.3 Å². The van der Waals surface area contributed by atoms with Gasteiger partial charge in [-0.3, -0.25) is 4.79 Å². The number of hydrogen-bond acceptors (Lipinski definition) is 7. The fraction of sp³-hybridized carbons (Fsp3) is 0.308. The minimum Gasteiger partial charge on any atom is -0.392 e. The molecule has 5 rings (SSSR count). The van der Waals surface area contributed by atoms with Gasteiger partial charge in [-0.05, 0) is 61.3 Å². The second-order valence-electron chi connectivity index (χ2n) is 12.6. The standard InChI is InChI=1S/C39H45N3O6S/c1-5-22-42(4)25-36-28(3)37(31-18-16-30(26-43)17-19-31)48-39(47-36)32-12-9-13-33(24-32)40-38(44)35(23-29-10-7-6-8-11-29)41-49(45,46)34-20-14-27(2)15-21-34/h5-21,24,28,35-37,39,41,43H,1,22-23,25-26H2,2-4H3,(H,40,44)/t28-,35+,36+,37+,39+/m0/s1. The predicted octanol–water partition coefficient (Wildman–Crippen LogP) is 5.92. The summed E-state index contributed by atoms with van der Waals surface area (Å²) in [5.41, 5.74) is 4.72. The number of anilines is 1. The molecule has 0 aromatic heterocycles. The number of aliphatic hydroxyl groups is 1. The molecule has 0 unspecified atom stereocenters. The van der Waals surface area contributed by atoms with Gasteiger partial charge >= 0.3 is 0 Å². The molecule has 1 aliphatic heterocycles. The van der Waals surface area contributed by atoms with Gasteiger partial charge in [0.1, 0.15) is 6.04 Å². The summed E-state index contributed by atoms with van der Waals surface area (Å²) < 4.78 is 42.5. The van der Waals surface area contributed by atoms with Crippen LogP contribution in [0.1, 0.15) is 47.1 Å². The Kier molecular flexibility index (Phi) is 12.2. The Morgan fingerprint density at radius 3 is 2.33 bits per heavy atom. The molecule has 1 saturated heterocycles. The monoisotopic (exact) mass is 683 g/mol. The van der Waals surface area contributed by atoms with Crippen LogP contribution in [0.4, 0.5) is 5.69 Å². The SMILES string of the molecule is C=CCN(C)C[C@H]1O[C@@H](c2cccc(NC(=O)[C@@H](Cc3ccccc3)NS(=O)(=O)c3ccc(C)cc3)c2)O[C@@H](c2ccc(CO)cc2)[C@H]1C. The number of aryl methyl sites for hydroxylation is 1. The largest absolute Gasteiger partial charge is 0.392 e. The number of benzene rings is 4. The van der Waals surface area contributed by atoms with E-state index in [-0.39, 0.29) is 36.0 Å². The van der Waals surface area contributed by atoms with Crippen molar-refractivity contribution in [1.82, 2.24) is 9.62 Å². The fourth-order valence-electron chi connectivity index (χ4n) is 5.93. The molecule has 5 atom stereocenters. The Labute approximate surface area is 289 Å². The Balaban J connectivity index is 1.39. The highest BCUT2D eigenvalue weighted by Crippen LogP contribution is 2.42. The number of rotatable bonds is 14. The molecule has 1 aliphatic rings. The minimum atomic E-state index is -4.00. The van der Waals surface area contributed by atoms with Crippen LogP contribution in [-0.2, 0) is 37.3 Å². The van der Waals surface area contributed by atoms with E-state index < -0.39 is 28.3 Å². The summed E-state index contributed by atoms with van der Waals surface area (Å²) in [6.45, 7) is 9.16. The number of nitrogens with one attached hydrogen (secondary N) is 2. The van der Waals surface area contributed by atoms with Gasteiger partial charge in [-0.2, -0.15) is 4.72 Å². The quantitative estimate of drug-likeness (QED) is 0.141. The van der Waals surface area contributed by atoms with Crippen molar-refractivity contribution in [2.24, 2.45) is 5.92 Å². The van der Waals surface area contributed by atoms with E-state index in [9.17, 15) is 18.3 Å². The lowest BCUT2D eigenvalue weighted by atomic mass is 9.90. The van der Waals surface area contributed by atoms with E-state index in [0.717, 1.165) is 22.3 Å². The lowest BCUT2D eigenvalue weighted by Gasteiger charge is -2.42. The molecule has 1 heterocycles. The molecule has 3 N–H and O–H groups in total. The van der Waals surface area contributed by atoms with E-state index in [1.165, 1.54) is 12.1 Å². The molecule has 0 aliphatic carbocycles. The first kappa shape index (κ1) is 36.1. The number of likely N-dealkylation sites (N-methyl/N-ethyl adjacent to an activating group) is 1. The first-order chi connectivity index (χ1) is 23.6. The van der Waals surface area contributed by atoms with E-state index in [4.69, 9.17) is 9.47 Å². The van der Waals surface area contributed by atoms with Crippen LogP contribution in [0.15, 0.2) is 121 Å². The van der Waals surface area contributed by atoms with Crippen molar-refractivity contribution in [1.29, 1.82) is 0 Å². The van der Waals surface area contributed by atoms with Gasteiger partial charge in [-0.15, -0.1) is 6.58 Å². The summed E-state index contributed by atoms with van der Waals surface area (Å²) in [5.74, 6) is -0.492. The zero-order chi connectivity index (χ0) is 35.0. The molecule has 1 amide bonds. The fourth-order valence-corrected chi connectivity index (χ4v) is 7.13. The molecule has 49 heavy (non-hydrogen) atoms. The Morgan fingerprint density at radius 2 is 1.65 bits per heavy atom. The van der Waals surface area contributed by atoms with E-state index in [1.807, 2.05) is 86.8 Å². The first-order valence-electron chi connectivity index (χ1n) is 16.4. The zero-order valence-corrected chi connectivity index (χ0v) is 29.0. The summed E-state index contributed by atoms with van der Waals surface area (Å²) in [4.78, 5) is 16.0. The van der Waals surface area contributed by atoms with Crippen LogP contribution in [-0.4, -0.2) is 56.6 Å². The van der Waals surface area contributed by atoms with E-state index in [2.05, 4.69) is 28.4 Å². The molecule has 10 heteroatoms. The molecule has 0 bridgehead atoms. The molecule has 4 aromatic carbocycles. The van der Waals surface area contributed by atoms with Gasteiger partial charge < -0.3 is 24.8 Å². The lowest BCUT2D eigenvalue weighted by Crippen LogP contribution is -2.45. The third-order valence-corrected chi connectivity index (χ3v) is 10.2. The number of carbonyl (C=O) groups is 1. The van der Waals surface area contributed by atoms with E-state index >= 15 is 0 Å². The van der Waals surface area contributed by atoms with Crippen LogP contribution in [0.5, 0.6) is 0 Å². The normalized spacial score (nSPS) is 20.1. The van der Waals surface area contributed by atoms with Crippen LogP contribution in [0.2, 0.25) is 0 Å². The number of hydrogen-bond donors (Lipinski definition) is 3. The molecule has 258 valence electrons. The smallest absolute Gasteiger partial charge is 0.242 e. The maximum absolute atomic E-state index is 13.8. The average molecular weight is 684 g/mol. The number of amides is 1. The Hall–Kier alpha value is -4.16. The second kappa shape index (κ2) is 16.5. The van der Waals surface area contributed by atoms with Crippen LogP contribution in [0.3, 0.4) is 0 Å². The number of sulfonamides is 1. The Bertz CT molecular complexity index is 1800. The van der Waals surface area contributed by atoms with Gasteiger partial charge in [0.25, 0.3) is 0 Å². The highest BCUT2D eigenvalue weighted by Gasteiger charge is 2.39. The van der Waals surface area contributed by atoms with Gasteiger partial charge in [0, 0.05) is 30.3 Å². The number of ether oxygens (including phenoxy) is 2. The van der Waals surface area contributed by atoms with Crippen LogP contribution in [0.25, 0.3) is 0 Å². The third-order valence-electron chi connectivity index (χ3n) is 8.71. The molecular weight excluding hydrogens is 639 g/mol. The first-order valence-corrected chi connectivity index (χ1v) is 17.9. The summed E-state index contributed by atoms with van der Waals surface area (Å²) in [7, 11) is -1.98. The molecule has 0 spiro atoms. The van der Waals surface area contributed by atoms with Crippen LogP contribution in [0, 0.1) is 12.8 Å². The van der Waals surface area contributed by atoms with Crippen molar-refractivity contribution in [3.8, 4) is 0 Å². The summed E-state index contributed by atoms with van der Waals surface area (Å²) in [5, 5.41) is 12.5. The number of carbonyl (C=O) groups excluding carboxylic acids is 1. The molecular formula is C39H45N3O6S. The van der Waals surface area contributed by atoms with Crippen molar-refractivity contribution in [3.05, 3.63) is 144 Å². The van der Waals surface area contributed by atoms with Gasteiger partial charge in [-0.25, -0.2) is 8.42 Å². The highest BCUT2D eigenvalue weighted by atomic mass is 32.2. The van der Waals surface area contributed by atoms with Crippen molar-refractivity contribution < 1.29 is 27.8 Å². The molecule has 0 saturated carbocycles. The van der Waals surface area contributed by atoms with Gasteiger partial charge in [0.15, 0.2) is 6.29 Å². The third kappa shape index (κ3) is 9.51. The predicted molar refractivity (Wildman–Crippen MR) is 191 cm³/mol. The minimum absolute atomic E-state index is 0.00618. The zero-order valence-electron chi connectivity index (χ0n) is 28.2. The maximum atomic E-state index is 13.8. The van der Waals surface area contributed by atoms with Gasteiger partial charge in [0.2, 0.25) is 15.9 Å². The Morgan fingerprint density at radius 1 is 0.939 bits per heavy atom. The van der Waals surface area contributed by atoms with Crippen molar-refractivity contribution in [2.75, 3.05) is 25.5 Å². The number of aliphatic hydroxyl groups excluding tert-OH is 1.